The molecule has 13 heavy (non-hydrogen) atoms. The lowest BCUT2D eigenvalue weighted by atomic mass is 10.1. The molecule has 0 spiro atoms. The summed E-state index contributed by atoms with van der Waals surface area (Å²) in [6, 6.07) is 3.20. The highest BCUT2D eigenvalue weighted by molar-refractivity contribution is 9.09. The Balaban J connectivity index is 2.73. The fraction of sp³-hybridized carbons (Fsp3) is 0.556. The van der Waals surface area contributed by atoms with E-state index in [4.69, 9.17) is 0 Å². The van der Waals surface area contributed by atoms with Crippen LogP contribution in [0.25, 0.3) is 0 Å². The third kappa shape index (κ3) is 2.95. The van der Waals surface area contributed by atoms with Gasteiger partial charge in [-0.1, -0.05) is 29.3 Å². The van der Waals surface area contributed by atoms with Crippen molar-refractivity contribution in [2.75, 3.05) is 5.33 Å². The molecule has 72 valence electrons. The smallest absolute Gasteiger partial charge is 0.266 e. The van der Waals surface area contributed by atoms with Crippen LogP contribution in [-0.4, -0.2) is 15.1 Å². The van der Waals surface area contributed by atoms with E-state index in [-0.39, 0.29) is 5.56 Å². The van der Waals surface area contributed by atoms with Crippen molar-refractivity contribution >= 4 is 15.9 Å². The first-order chi connectivity index (χ1) is 6.27. The zero-order valence-corrected chi connectivity index (χ0v) is 9.20. The second-order valence-corrected chi connectivity index (χ2v) is 3.62. The minimum absolute atomic E-state index is 0.0260. The monoisotopic (exact) mass is 244 g/mol. The molecule has 1 unspecified atom stereocenters. The average Bonchev–Trinajstić information content (AvgIpc) is 2.17. The van der Waals surface area contributed by atoms with Gasteiger partial charge in [0.25, 0.3) is 5.56 Å². The van der Waals surface area contributed by atoms with Crippen LogP contribution in [0.4, 0.5) is 0 Å². The molecule has 1 heterocycles. The molecule has 0 aliphatic rings. The summed E-state index contributed by atoms with van der Waals surface area (Å²) < 4.78 is 1.51. The second-order valence-electron chi connectivity index (χ2n) is 2.97. The van der Waals surface area contributed by atoms with Crippen LogP contribution in [0.2, 0.25) is 0 Å². The first-order valence-corrected chi connectivity index (χ1v) is 5.48. The minimum atomic E-state index is -0.0260. The lowest BCUT2D eigenvalue weighted by Gasteiger charge is -2.11. The van der Waals surface area contributed by atoms with E-state index in [1.165, 1.54) is 10.7 Å². The summed E-state index contributed by atoms with van der Waals surface area (Å²) in [4.78, 5) is 11.3. The van der Waals surface area contributed by atoms with Gasteiger partial charge in [-0.2, -0.15) is 5.10 Å². The van der Waals surface area contributed by atoms with Crippen molar-refractivity contribution in [3.63, 3.8) is 0 Å². The topological polar surface area (TPSA) is 34.9 Å². The van der Waals surface area contributed by atoms with E-state index in [0.717, 1.165) is 11.8 Å². The lowest BCUT2D eigenvalue weighted by molar-refractivity contribution is 0.432. The van der Waals surface area contributed by atoms with Gasteiger partial charge in [0.05, 0.1) is 0 Å². The van der Waals surface area contributed by atoms with E-state index in [1.54, 1.807) is 12.3 Å². The van der Waals surface area contributed by atoms with E-state index < -0.39 is 0 Å². The Bertz CT molecular complexity index is 306. The number of alkyl halides is 1. The molecule has 0 aliphatic heterocycles. The largest absolute Gasteiger partial charge is 0.268 e. The molecule has 0 aliphatic carbocycles. The number of hydrogen-bond donors (Lipinski definition) is 0. The molecule has 0 saturated carbocycles. The van der Waals surface area contributed by atoms with Crippen molar-refractivity contribution in [1.29, 1.82) is 0 Å². The van der Waals surface area contributed by atoms with E-state index in [0.29, 0.717) is 12.5 Å². The Morgan fingerprint density at radius 2 is 2.46 bits per heavy atom. The van der Waals surface area contributed by atoms with Crippen LogP contribution in [0.3, 0.4) is 0 Å². The predicted octanol–water partition coefficient (Wildman–Crippen LogP) is 1.66. The molecule has 0 radical (unpaired) electrons. The standard InChI is InChI=1S/C9H13BrN2O/c1-2-8(6-10)7-12-9(13)4-3-5-11-12/h3-5,8H,2,6-7H2,1H3. The summed E-state index contributed by atoms with van der Waals surface area (Å²) in [6.45, 7) is 2.81. The normalized spacial score (nSPS) is 12.8. The van der Waals surface area contributed by atoms with Crippen molar-refractivity contribution in [3.8, 4) is 0 Å². The Morgan fingerprint density at radius 3 is 3.00 bits per heavy atom. The van der Waals surface area contributed by atoms with Gasteiger partial charge in [-0.3, -0.25) is 4.79 Å². The summed E-state index contributed by atoms with van der Waals surface area (Å²) in [7, 11) is 0. The number of aromatic nitrogens is 2. The van der Waals surface area contributed by atoms with E-state index in [2.05, 4.69) is 28.0 Å². The third-order valence-corrected chi connectivity index (χ3v) is 2.93. The zero-order valence-electron chi connectivity index (χ0n) is 7.61. The van der Waals surface area contributed by atoms with Crippen molar-refractivity contribution < 1.29 is 0 Å². The average molecular weight is 245 g/mol. The van der Waals surface area contributed by atoms with Gasteiger partial charge in [-0.05, 0) is 12.0 Å². The molecule has 0 amide bonds. The van der Waals surface area contributed by atoms with Crippen molar-refractivity contribution in [2.45, 2.75) is 19.9 Å². The van der Waals surface area contributed by atoms with Crippen LogP contribution in [0.1, 0.15) is 13.3 Å². The fourth-order valence-electron chi connectivity index (χ4n) is 1.06. The predicted molar refractivity (Wildman–Crippen MR) is 56.1 cm³/mol. The van der Waals surface area contributed by atoms with E-state index in [9.17, 15) is 4.79 Å². The number of nitrogens with zero attached hydrogens (tertiary/aromatic N) is 2. The Labute approximate surface area is 85.9 Å². The van der Waals surface area contributed by atoms with Crippen LogP contribution in [-0.2, 0) is 6.54 Å². The number of hydrogen-bond acceptors (Lipinski definition) is 2. The lowest BCUT2D eigenvalue weighted by Crippen LogP contribution is -2.25. The summed E-state index contributed by atoms with van der Waals surface area (Å²) in [6.07, 6.45) is 2.69. The van der Waals surface area contributed by atoms with Gasteiger partial charge in [0, 0.05) is 24.1 Å². The van der Waals surface area contributed by atoms with Crippen molar-refractivity contribution in [2.24, 2.45) is 5.92 Å². The van der Waals surface area contributed by atoms with Crippen molar-refractivity contribution in [3.05, 3.63) is 28.7 Å². The molecule has 3 nitrogen and oxygen atoms in total. The molecule has 0 fully saturated rings. The Hall–Kier alpha value is -0.640. The van der Waals surface area contributed by atoms with Crippen LogP contribution in [0.15, 0.2) is 23.1 Å². The zero-order chi connectivity index (χ0) is 9.68. The van der Waals surface area contributed by atoms with Crippen LogP contribution in [0, 0.1) is 5.92 Å². The first-order valence-electron chi connectivity index (χ1n) is 4.36. The molecule has 1 aromatic rings. The maximum absolute atomic E-state index is 11.3. The summed E-state index contributed by atoms with van der Waals surface area (Å²) in [5, 5.41) is 4.91. The maximum atomic E-state index is 11.3. The van der Waals surface area contributed by atoms with E-state index >= 15 is 0 Å². The highest BCUT2D eigenvalue weighted by Crippen LogP contribution is 2.07. The van der Waals surface area contributed by atoms with E-state index in [1.807, 2.05) is 0 Å². The highest BCUT2D eigenvalue weighted by Gasteiger charge is 2.06. The molecule has 0 bridgehead atoms. The molecular weight excluding hydrogens is 232 g/mol. The summed E-state index contributed by atoms with van der Waals surface area (Å²) in [5.74, 6) is 0.479. The third-order valence-electron chi connectivity index (χ3n) is 2.01. The van der Waals surface area contributed by atoms with Gasteiger partial charge >= 0.3 is 0 Å². The molecule has 0 saturated heterocycles. The molecule has 1 atom stereocenters. The molecule has 1 aromatic heterocycles. The fourth-order valence-corrected chi connectivity index (χ4v) is 1.72. The van der Waals surface area contributed by atoms with Gasteiger partial charge < -0.3 is 0 Å². The maximum Gasteiger partial charge on any atom is 0.266 e. The Morgan fingerprint density at radius 1 is 1.69 bits per heavy atom. The molecule has 0 aromatic carbocycles. The summed E-state index contributed by atoms with van der Waals surface area (Å²) in [5.41, 5.74) is -0.0260. The van der Waals surface area contributed by atoms with Crippen LogP contribution >= 0.6 is 15.9 Å². The quantitative estimate of drug-likeness (QED) is 0.756. The SMILES string of the molecule is CCC(CBr)Cn1ncccc1=O. The van der Waals surface area contributed by atoms with Gasteiger partial charge in [0.2, 0.25) is 0 Å². The summed E-state index contributed by atoms with van der Waals surface area (Å²) >= 11 is 3.41. The Kier molecular flexibility index (Phi) is 4.15. The highest BCUT2D eigenvalue weighted by atomic mass is 79.9. The second kappa shape index (κ2) is 5.17. The number of rotatable bonds is 4. The van der Waals surface area contributed by atoms with Crippen LogP contribution < -0.4 is 5.56 Å². The molecule has 4 heteroatoms. The molecule has 1 rings (SSSR count). The van der Waals surface area contributed by atoms with Gasteiger partial charge in [-0.15, -0.1) is 0 Å². The molecular formula is C9H13BrN2O. The first kappa shape index (κ1) is 10.4. The van der Waals surface area contributed by atoms with Gasteiger partial charge in [-0.25, -0.2) is 4.68 Å². The van der Waals surface area contributed by atoms with Gasteiger partial charge in [0.1, 0.15) is 0 Å². The van der Waals surface area contributed by atoms with Crippen LogP contribution in [0.5, 0.6) is 0 Å². The van der Waals surface area contributed by atoms with Gasteiger partial charge in [0.15, 0.2) is 0 Å². The minimum Gasteiger partial charge on any atom is -0.268 e. The van der Waals surface area contributed by atoms with Crippen molar-refractivity contribution in [1.82, 2.24) is 9.78 Å². The number of halogens is 1. The molecule has 0 N–H and O–H groups in total.